The molecular formula is C20H39N3O4S. The summed E-state index contributed by atoms with van der Waals surface area (Å²) >= 11 is 4.13. The first-order valence-electron chi connectivity index (χ1n) is 9.90. The van der Waals surface area contributed by atoms with E-state index in [4.69, 9.17) is 5.73 Å². The first-order chi connectivity index (χ1) is 13.0. The van der Waals surface area contributed by atoms with Crippen LogP contribution in [0.3, 0.4) is 0 Å². The van der Waals surface area contributed by atoms with Crippen LogP contribution in [0.2, 0.25) is 0 Å². The number of carbonyl (C=O) groups is 2. The van der Waals surface area contributed by atoms with Crippen molar-refractivity contribution < 1.29 is 19.8 Å². The summed E-state index contributed by atoms with van der Waals surface area (Å²) in [4.78, 5) is 26.7. The highest BCUT2D eigenvalue weighted by molar-refractivity contribution is 7.80. The van der Waals surface area contributed by atoms with Crippen molar-refractivity contribution in [1.82, 2.24) is 10.2 Å². The van der Waals surface area contributed by atoms with Gasteiger partial charge in [0.2, 0.25) is 5.91 Å². The Balaban J connectivity index is 5.77. The summed E-state index contributed by atoms with van der Waals surface area (Å²) in [5.74, 6) is -0.652. The van der Waals surface area contributed by atoms with Gasteiger partial charge in [0.15, 0.2) is 5.66 Å². The van der Waals surface area contributed by atoms with Gasteiger partial charge in [0, 0.05) is 43.3 Å². The summed E-state index contributed by atoms with van der Waals surface area (Å²) in [6.45, 7) is 9.36. The summed E-state index contributed by atoms with van der Waals surface area (Å²) in [7, 11) is 0. The summed E-state index contributed by atoms with van der Waals surface area (Å²) in [5.41, 5.74) is 3.35. The fraction of sp³-hybridized carbons (Fsp3) is 0.800. The van der Waals surface area contributed by atoms with Crippen molar-refractivity contribution in [3.8, 4) is 0 Å². The van der Waals surface area contributed by atoms with Crippen LogP contribution in [0.25, 0.3) is 0 Å². The lowest BCUT2D eigenvalue weighted by Gasteiger charge is -2.48. The topological polar surface area (TPSA) is 116 Å². The van der Waals surface area contributed by atoms with E-state index in [1.807, 2.05) is 6.08 Å². The van der Waals surface area contributed by atoms with Gasteiger partial charge in [-0.3, -0.25) is 10.1 Å². The van der Waals surface area contributed by atoms with E-state index in [0.29, 0.717) is 11.7 Å². The zero-order valence-electron chi connectivity index (χ0n) is 17.9. The molecule has 0 aromatic heterocycles. The minimum absolute atomic E-state index is 0.0917. The molecule has 3 atom stereocenters. The van der Waals surface area contributed by atoms with Gasteiger partial charge in [0.05, 0.1) is 0 Å². The summed E-state index contributed by atoms with van der Waals surface area (Å²) in [5, 5.41) is 22.6. The Labute approximate surface area is 175 Å². The van der Waals surface area contributed by atoms with Crippen LogP contribution in [0, 0.1) is 5.92 Å². The number of allylic oxidation sites excluding steroid dienone is 1. The highest BCUT2D eigenvalue weighted by Crippen LogP contribution is 2.28. The van der Waals surface area contributed by atoms with Crippen molar-refractivity contribution in [3.05, 3.63) is 12.2 Å². The lowest BCUT2D eigenvalue weighted by Crippen LogP contribution is -2.71. The fourth-order valence-electron chi connectivity index (χ4n) is 3.01. The van der Waals surface area contributed by atoms with Crippen LogP contribution in [-0.2, 0) is 9.59 Å². The molecule has 0 rings (SSSR count). The van der Waals surface area contributed by atoms with Gasteiger partial charge >= 0.3 is 5.97 Å². The molecule has 7 nitrogen and oxygen atoms in total. The van der Waals surface area contributed by atoms with Crippen LogP contribution >= 0.6 is 12.6 Å². The molecule has 0 heterocycles. The third kappa shape index (κ3) is 8.11. The number of thiol groups is 1. The Bertz CT molecular complexity index is 522. The Kier molecular flexibility index (Phi) is 12.0. The van der Waals surface area contributed by atoms with Crippen LogP contribution < -0.4 is 11.1 Å². The number of amides is 1. The molecule has 0 unspecified atom stereocenters. The second-order valence-electron chi connectivity index (χ2n) is 8.29. The van der Waals surface area contributed by atoms with Gasteiger partial charge in [-0.05, 0) is 33.1 Å². The average Bonchev–Trinajstić information content (AvgIpc) is 2.61. The molecule has 0 fully saturated rings. The quantitative estimate of drug-likeness (QED) is 0.178. The molecule has 5 N–H and O–H groups in total. The van der Waals surface area contributed by atoms with Gasteiger partial charge in [0.25, 0.3) is 0 Å². The second-order valence-corrected chi connectivity index (χ2v) is 8.65. The minimum Gasteiger partial charge on any atom is -0.478 e. The molecule has 0 aliphatic carbocycles. The number of rotatable bonds is 13. The van der Waals surface area contributed by atoms with E-state index < -0.39 is 17.2 Å². The molecule has 0 aliphatic heterocycles. The van der Waals surface area contributed by atoms with E-state index in [0.717, 1.165) is 12.8 Å². The predicted octanol–water partition coefficient (Wildman–Crippen LogP) is 2.01. The van der Waals surface area contributed by atoms with E-state index in [1.54, 1.807) is 26.8 Å². The highest BCUT2D eigenvalue weighted by atomic mass is 32.1. The van der Waals surface area contributed by atoms with Gasteiger partial charge in [0.1, 0.15) is 0 Å². The van der Waals surface area contributed by atoms with E-state index in [2.05, 4.69) is 31.8 Å². The third-order valence-corrected chi connectivity index (χ3v) is 5.18. The van der Waals surface area contributed by atoms with Crippen molar-refractivity contribution in [1.29, 1.82) is 0 Å². The number of hydrogen-bond donors (Lipinski definition) is 5. The van der Waals surface area contributed by atoms with Crippen molar-refractivity contribution in [3.63, 3.8) is 0 Å². The maximum absolute atomic E-state index is 13.1. The van der Waals surface area contributed by atoms with Crippen LogP contribution in [-0.4, -0.2) is 63.1 Å². The highest BCUT2D eigenvalue weighted by Gasteiger charge is 2.50. The van der Waals surface area contributed by atoms with E-state index in [-0.39, 0.29) is 37.9 Å². The summed E-state index contributed by atoms with van der Waals surface area (Å²) < 4.78 is 0. The smallest absolute Gasteiger partial charge is 0.345 e. The first kappa shape index (κ1) is 26.9. The van der Waals surface area contributed by atoms with Crippen molar-refractivity contribution in [2.75, 3.05) is 18.9 Å². The Hall–Kier alpha value is -1.09. The normalized spacial score (nSPS) is 16.6. The van der Waals surface area contributed by atoms with Gasteiger partial charge in [-0.25, -0.2) is 4.79 Å². The Morgan fingerprint density at radius 3 is 2.32 bits per heavy atom. The molecule has 0 aliphatic rings. The second kappa shape index (κ2) is 12.5. The summed E-state index contributed by atoms with van der Waals surface area (Å²) in [6.07, 6.45) is 5.62. The molecule has 1 amide bonds. The van der Waals surface area contributed by atoms with Crippen LogP contribution in [0.4, 0.5) is 0 Å². The number of aliphatic hydroxyl groups is 1. The lowest BCUT2D eigenvalue weighted by atomic mass is 9.94. The molecule has 0 radical (unpaired) electrons. The number of carbonyl (C=O) groups excluding carboxylic acids is 1. The molecule has 0 aromatic carbocycles. The largest absolute Gasteiger partial charge is 0.478 e. The van der Waals surface area contributed by atoms with Gasteiger partial charge in [-0.2, -0.15) is 12.6 Å². The first-order valence-corrected chi connectivity index (χ1v) is 10.5. The number of nitrogens with one attached hydrogen (secondary N) is 1. The molecule has 0 saturated heterocycles. The SMILES string of the molecule is CC[C@H](C)C/C=C/CC(=O)N(C(C)(C)C)[C@](CCO)(NC[C@@H](N)CS)C(=O)O. The van der Waals surface area contributed by atoms with Crippen LogP contribution in [0.1, 0.15) is 60.3 Å². The number of aliphatic hydroxyl groups excluding tert-OH is 1. The standard InChI is InChI=1S/C20H39N3O4S/c1-6-15(2)9-7-8-10-17(25)23(19(3,4)5)20(11-12-24,18(26)27)22-13-16(21)14-28/h7-8,15-16,22,24,28H,6,9-14,21H2,1-5H3,(H,26,27)/b8-7+/t15-,16+,20-/m0/s1. The van der Waals surface area contributed by atoms with Crippen molar-refractivity contribution >= 4 is 24.5 Å². The van der Waals surface area contributed by atoms with Crippen LogP contribution in [0.15, 0.2) is 12.2 Å². The Morgan fingerprint density at radius 2 is 1.89 bits per heavy atom. The van der Waals surface area contributed by atoms with Crippen molar-refractivity contribution in [2.24, 2.45) is 11.7 Å². The number of aliphatic carboxylic acids is 1. The molecule has 0 bridgehead atoms. The van der Waals surface area contributed by atoms with Crippen molar-refractivity contribution in [2.45, 2.75) is 77.5 Å². The number of hydrogen-bond acceptors (Lipinski definition) is 6. The van der Waals surface area contributed by atoms with Gasteiger partial charge < -0.3 is 20.8 Å². The molecule has 0 spiro atoms. The average molecular weight is 418 g/mol. The zero-order valence-corrected chi connectivity index (χ0v) is 18.8. The lowest BCUT2D eigenvalue weighted by molar-refractivity contribution is -0.171. The van der Waals surface area contributed by atoms with E-state index >= 15 is 0 Å². The molecule has 8 heteroatoms. The summed E-state index contributed by atoms with van der Waals surface area (Å²) in [6, 6.07) is -0.381. The zero-order chi connectivity index (χ0) is 22.0. The molecule has 164 valence electrons. The number of nitrogens with zero attached hydrogens (tertiary/aromatic N) is 1. The molecule has 0 saturated carbocycles. The maximum Gasteiger partial charge on any atom is 0.345 e. The predicted molar refractivity (Wildman–Crippen MR) is 116 cm³/mol. The van der Waals surface area contributed by atoms with E-state index in [1.165, 1.54) is 4.90 Å². The maximum atomic E-state index is 13.1. The fourth-order valence-corrected chi connectivity index (χ4v) is 3.14. The minimum atomic E-state index is -1.75. The Morgan fingerprint density at radius 1 is 1.29 bits per heavy atom. The van der Waals surface area contributed by atoms with Gasteiger partial charge in [-0.1, -0.05) is 32.4 Å². The van der Waals surface area contributed by atoms with Gasteiger partial charge in [-0.15, -0.1) is 0 Å². The monoisotopic (exact) mass is 417 g/mol. The molecule has 28 heavy (non-hydrogen) atoms. The molecular weight excluding hydrogens is 378 g/mol. The number of nitrogens with two attached hydrogens (primary N) is 1. The number of carboxylic acid groups (broad SMARTS) is 1. The van der Waals surface area contributed by atoms with Crippen LogP contribution in [0.5, 0.6) is 0 Å². The third-order valence-electron chi connectivity index (χ3n) is 4.72. The number of carboxylic acids is 1. The molecule has 0 aromatic rings. The van der Waals surface area contributed by atoms with E-state index in [9.17, 15) is 19.8 Å².